The lowest BCUT2D eigenvalue weighted by Gasteiger charge is -1.69. The van der Waals surface area contributed by atoms with Crippen molar-refractivity contribution in [3.8, 4) is 0 Å². The largest absolute Gasteiger partial charge is 1.00 e. The van der Waals surface area contributed by atoms with E-state index in [0.29, 0.717) is 0 Å². The lowest BCUT2D eigenvalue weighted by atomic mass is 10.3. The first kappa shape index (κ1) is 8.86. The van der Waals surface area contributed by atoms with Crippen molar-refractivity contribution in [2.75, 3.05) is 0 Å². The van der Waals surface area contributed by atoms with Gasteiger partial charge in [0.1, 0.15) is 0 Å². The highest BCUT2D eigenvalue weighted by atomic mass is 16.5. The van der Waals surface area contributed by atoms with Crippen LogP contribution in [0.1, 0.15) is 5.71 Å². The second-order valence-corrected chi connectivity index (χ2v) is 0.346. The first-order valence-corrected chi connectivity index (χ1v) is 0.775. The van der Waals surface area contributed by atoms with Crippen molar-refractivity contribution in [3.63, 3.8) is 0 Å². The Bertz CT molecular complexity index is 20.5. The molecule has 0 radical (unpaired) electrons. The van der Waals surface area contributed by atoms with Crippen molar-refractivity contribution < 1.29 is 20.8 Å². The number of hydrogen-bond donors (Lipinski definition) is 4. The van der Waals surface area contributed by atoms with Crippen LogP contribution < -0.4 is 6.15 Å². The molecule has 0 rings (SSSR count). The van der Waals surface area contributed by atoms with Gasteiger partial charge in [-0.25, -0.2) is 0 Å². The standard InChI is InChI=1S/BH3O3.H3N/c2-1(3)4;/h2-4H;1H3/p+4. The predicted molar refractivity (Wildman–Crippen MR) is 21.9 cm³/mol. The molecule has 0 unspecified atom stereocenters. The molecule has 0 aromatic rings. The zero-order chi connectivity index (χ0) is 3.58. The first-order chi connectivity index (χ1) is 1.73. The Morgan fingerprint density at radius 1 is 1.20 bits per heavy atom. The second kappa shape index (κ2) is 3.90. The van der Waals surface area contributed by atoms with Crippen LogP contribution in [0.5, 0.6) is 0 Å². The maximum absolute atomic E-state index is 7.17. The fourth-order valence-electron chi connectivity index (χ4n) is 0. The number of rotatable bonds is 0. The Balaban J connectivity index is -0.00000000450. The molecular formula is H10BNO3+4. The fraction of sp³-hybridized carbons (Fsp3) is 0. The normalized spacial score (nSPS) is 5.40. The Morgan fingerprint density at radius 2 is 1.20 bits per heavy atom. The molecular weight excluding hydrogens is 72.8 g/mol. The van der Waals surface area contributed by atoms with Crippen LogP contribution in [0.25, 0.3) is 0 Å². The Morgan fingerprint density at radius 3 is 1.20 bits per heavy atom. The molecule has 5 heteroatoms. The Labute approximate surface area is 35.8 Å². The molecule has 0 atom stereocenters. The van der Waals surface area contributed by atoms with E-state index >= 15 is 0 Å². The predicted octanol–water partition coefficient (Wildman–Crippen LogP) is -1.44. The third-order valence-corrected chi connectivity index (χ3v) is 0. The summed E-state index contributed by atoms with van der Waals surface area (Å²) in [5, 5.41) is 21.5. The number of hydrogen-bond acceptors (Lipinski definition) is 4. The summed E-state index contributed by atoms with van der Waals surface area (Å²) in [6.45, 7) is 0. The third-order valence-electron chi connectivity index (χ3n) is 0. The average Bonchev–Trinajstić information content (AvgIpc) is 0.811. The van der Waals surface area contributed by atoms with Gasteiger partial charge >= 0.3 is 13.0 Å². The van der Waals surface area contributed by atoms with E-state index in [1.165, 1.54) is 0 Å². The van der Waals surface area contributed by atoms with Crippen LogP contribution in [0.15, 0.2) is 0 Å². The maximum atomic E-state index is 7.17. The molecule has 32 valence electrons. The summed E-state index contributed by atoms with van der Waals surface area (Å²) in [7, 11) is -2.17. The van der Waals surface area contributed by atoms with Gasteiger partial charge in [-0.05, 0) is 0 Å². The van der Waals surface area contributed by atoms with Crippen LogP contribution in [0, 0.1) is 0 Å². The van der Waals surface area contributed by atoms with Crippen LogP contribution in [-0.2, 0) is 0 Å². The fourth-order valence-corrected chi connectivity index (χ4v) is 0. The van der Waals surface area contributed by atoms with E-state index < -0.39 is 7.32 Å². The highest BCUT2D eigenvalue weighted by Crippen LogP contribution is 1.40. The summed E-state index contributed by atoms with van der Waals surface area (Å²) < 4.78 is 0. The van der Waals surface area contributed by atoms with Crippen LogP contribution in [0.3, 0.4) is 0 Å². The molecule has 0 aliphatic heterocycles. The highest BCUT2D eigenvalue weighted by molar-refractivity contribution is 6.30. The maximum Gasteiger partial charge on any atom is 1.00 e. The minimum Gasteiger partial charge on any atom is -0.402 e. The summed E-state index contributed by atoms with van der Waals surface area (Å²) in [6.07, 6.45) is 0. The third kappa shape index (κ3) is 1570. The minimum atomic E-state index is -2.17. The molecule has 0 aromatic carbocycles. The summed E-state index contributed by atoms with van der Waals surface area (Å²) in [6, 6.07) is 0. The smallest absolute Gasteiger partial charge is 0.402 e. The van der Waals surface area contributed by atoms with Crippen molar-refractivity contribution >= 4 is 7.32 Å². The Hall–Kier alpha value is -0.0951. The average molecular weight is 82.9 g/mol. The van der Waals surface area contributed by atoms with Gasteiger partial charge < -0.3 is 21.2 Å². The molecule has 0 saturated carbocycles. The van der Waals surface area contributed by atoms with Crippen LogP contribution >= 0.6 is 0 Å². The molecule has 0 saturated heterocycles. The topological polar surface area (TPSA) is 95.7 Å². The first-order valence-electron chi connectivity index (χ1n) is 0.775. The van der Waals surface area contributed by atoms with Gasteiger partial charge in [0.15, 0.2) is 0 Å². The highest BCUT2D eigenvalue weighted by Gasteiger charge is 1.92. The van der Waals surface area contributed by atoms with Gasteiger partial charge in [-0.15, -0.1) is 0 Å². The van der Waals surface area contributed by atoms with E-state index in [1.54, 1.807) is 0 Å². The molecule has 0 aliphatic carbocycles. The molecule has 0 amide bonds. The van der Waals surface area contributed by atoms with Gasteiger partial charge in [0.05, 0.1) is 0 Å². The second-order valence-electron chi connectivity index (χ2n) is 0.346. The van der Waals surface area contributed by atoms with Gasteiger partial charge in [-0.3, -0.25) is 0 Å². The molecule has 0 fully saturated rings. The molecule has 0 aliphatic rings. The summed E-state index contributed by atoms with van der Waals surface area (Å²) in [5.41, 5.74) is 0. The van der Waals surface area contributed by atoms with E-state index in [1.807, 2.05) is 0 Å². The van der Waals surface area contributed by atoms with E-state index in [9.17, 15) is 0 Å². The molecule has 5 heavy (non-hydrogen) atoms. The minimum absolute atomic E-state index is 0. The van der Waals surface area contributed by atoms with Gasteiger partial charge in [0, 0.05) is 0 Å². The van der Waals surface area contributed by atoms with Crippen molar-refractivity contribution in [3.05, 3.63) is 0 Å². The van der Waals surface area contributed by atoms with Gasteiger partial charge in [0.25, 0.3) is 0 Å². The molecule has 0 aromatic heterocycles. The van der Waals surface area contributed by atoms with E-state index in [4.69, 9.17) is 15.1 Å². The van der Waals surface area contributed by atoms with Gasteiger partial charge in [-0.1, -0.05) is 0 Å². The molecule has 0 spiro atoms. The van der Waals surface area contributed by atoms with Crippen LogP contribution in [0.2, 0.25) is 0 Å². The van der Waals surface area contributed by atoms with Gasteiger partial charge in [0.2, 0.25) is 0 Å². The van der Waals surface area contributed by atoms with Crippen molar-refractivity contribution in [2.45, 2.75) is 0 Å². The zero-order valence-electron chi connectivity index (χ0n) is 6.63. The molecule has 0 heterocycles. The van der Waals surface area contributed by atoms with Crippen molar-refractivity contribution in [1.29, 1.82) is 0 Å². The van der Waals surface area contributed by atoms with Crippen LogP contribution in [0.4, 0.5) is 0 Å². The monoisotopic (exact) mass is 83.1 g/mol. The lowest BCUT2D eigenvalue weighted by molar-refractivity contribution is 0.278. The van der Waals surface area contributed by atoms with E-state index in [2.05, 4.69) is 0 Å². The quantitative estimate of drug-likeness (QED) is 0.269. The van der Waals surface area contributed by atoms with Crippen molar-refractivity contribution in [1.82, 2.24) is 6.15 Å². The van der Waals surface area contributed by atoms with Gasteiger partial charge in [-0.2, -0.15) is 0 Å². The van der Waals surface area contributed by atoms with E-state index in [-0.39, 0.29) is 11.9 Å². The lowest BCUT2D eigenvalue weighted by Crippen LogP contribution is -2.07. The molecule has 4 nitrogen and oxygen atoms in total. The summed E-state index contributed by atoms with van der Waals surface area (Å²) >= 11 is 0. The molecule has 6 N–H and O–H groups in total. The van der Waals surface area contributed by atoms with E-state index in [0.717, 1.165) is 0 Å². The van der Waals surface area contributed by atoms with Crippen molar-refractivity contribution in [2.24, 2.45) is 0 Å². The Kier molecular flexibility index (Phi) is 6.92. The summed E-state index contributed by atoms with van der Waals surface area (Å²) in [4.78, 5) is 0. The SMILES string of the molecule is N.OB(O)O.[H+].[H+].[H+].[H+]. The summed E-state index contributed by atoms with van der Waals surface area (Å²) in [5.74, 6) is 0. The zero-order valence-corrected chi connectivity index (χ0v) is 2.63. The van der Waals surface area contributed by atoms with Crippen LogP contribution in [-0.4, -0.2) is 22.4 Å². The molecule has 0 bridgehead atoms.